The highest BCUT2D eigenvalue weighted by atomic mass is 32.1. The van der Waals surface area contributed by atoms with E-state index >= 15 is 0 Å². The minimum atomic E-state index is -0.269. The maximum Gasteiger partial charge on any atom is 0.319 e. The summed E-state index contributed by atoms with van der Waals surface area (Å²) in [6.07, 6.45) is 3.90. The highest BCUT2D eigenvalue weighted by molar-refractivity contribution is 7.09. The van der Waals surface area contributed by atoms with Crippen molar-refractivity contribution < 1.29 is 9.59 Å². The molecular weight excluding hydrogens is 288 g/mol. The van der Waals surface area contributed by atoms with Crippen molar-refractivity contribution in [1.82, 2.24) is 20.5 Å². The van der Waals surface area contributed by atoms with Crippen molar-refractivity contribution in [3.05, 3.63) is 27.9 Å². The molecule has 1 aromatic heterocycles. The number of hydrogen-bond donors (Lipinski definition) is 2. The van der Waals surface area contributed by atoms with Crippen LogP contribution in [0.4, 0.5) is 4.79 Å². The minimum absolute atomic E-state index is 0.00315. The van der Waals surface area contributed by atoms with Gasteiger partial charge < -0.3 is 15.5 Å². The molecule has 0 aromatic carbocycles. The summed E-state index contributed by atoms with van der Waals surface area (Å²) in [6, 6.07) is -0.212. The van der Waals surface area contributed by atoms with Gasteiger partial charge in [-0.1, -0.05) is 0 Å². The molecule has 0 spiro atoms. The highest BCUT2D eigenvalue weighted by Crippen LogP contribution is 2.31. The lowest BCUT2D eigenvalue weighted by atomic mass is 10.0. The van der Waals surface area contributed by atoms with Crippen LogP contribution in [0.3, 0.4) is 0 Å². The van der Waals surface area contributed by atoms with E-state index in [-0.39, 0.29) is 18.0 Å². The fourth-order valence-electron chi connectivity index (χ4n) is 2.61. The summed E-state index contributed by atoms with van der Waals surface area (Å²) in [5.74, 6) is 0.00315. The zero-order chi connectivity index (χ0) is 15.0. The summed E-state index contributed by atoms with van der Waals surface area (Å²) in [6.45, 7) is 4.21. The van der Waals surface area contributed by atoms with Crippen LogP contribution in [0.15, 0.2) is 23.0 Å². The third kappa shape index (κ3) is 2.92. The van der Waals surface area contributed by atoms with Crippen molar-refractivity contribution in [2.45, 2.75) is 45.3 Å². The van der Waals surface area contributed by atoms with Crippen molar-refractivity contribution in [2.75, 3.05) is 0 Å². The second kappa shape index (κ2) is 5.48. The van der Waals surface area contributed by atoms with E-state index in [2.05, 4.69) is 15.6 Å². The summed E-state index contributed by atoms with van der Waals surface area (Å²) in [5, 5.41) is 5.43. The number of rotatable bonds is 4. The van der Waals surface area contributed by atoms with E-state index in [0.717, 1.165) is 17.7 Å². The van der Waals surface area contributed by atoms with Gasteiger partial charge in [-0.2, -0.15) is 0 Å². The first-order valence-electron chi connectivity index (χ1n) is 7.03. The quantitative estimate of drug-likeness (QED) is 0.887. The third-order valence-corrected chi connectivity index (χ3v) is 4.54. The molecule has 112 valence electrons. The normalized spacial score (nSPS) is 21.8. The highest BCUT2D eigenvalue weighted by Gasteiger charge is 2.37. The van der Waals surface area contributed by atoms with Gasteiger partial charge in [0.05, 0.1) is 23.7 Å². The van der Waals surface area contributed by atoms with Gasteiger partial charge in [-0.15, -0.1) is 11.3 Å². The fourth-order valence-corrected chi connectivity index (χ4v) is 3.20. The summed E-state index contributed by atoms with van der Waals surface area (Å²) in [7, 11) is 0. The molecule has 1 aliphatic heterocycles. The van der Waals surface area contributed by atoms with Gasteiger partial charge in [0.15, 0.2) is 0 Å². The Labute approximate surface area is 127 Å². The van der Waals surface area contributed by atoms with Gasteiger partial charge in [-0.3, -0.25) is 9.78 Å². The first kappa shape index (κ1) is 14.1. The van der Waals surface area contributed by atoms with Crippen LogP contribution in [-0.2, 0) is 11.3 Å². The molecule has 0 radical (unpaired) electrons. The van der Waals surface area contributed by atoms with Gasteiger partial charge in [0.1, 0.15) is 0 Å². The largest absolute Gasteiger partial charge is 0.331 e. The van der Waals surface area contributed by atoms with Gasteiger partial charge in [0.2, 0.25) is 0 Å². The van der Waals surface area contributed by atoms with E-state index in [1.165, 1.54) is 0 Å². The number of carbonyl (C=O) groups excluding carboxylic acids is 2. The van der Waals surface area contributed by atoms with Crippen LogP contribution in [0.5, 0.6) is 0 Å². The minimum Gasteiger partial charge on any atom is -0.331 e. The molecule has 3 amide bonds. The summed E-state index contributed by atoms with van der Waals surface area (Å²) in [4.78, 5) is 31.4. The predicted molar refractivity (Wildman–Crippen MR) is 79.5 cm³/mol. The first-order valence-corrected chi connectivity index (χ1v) is 7.91. The zero-order valence-electron chi connectivity index (χ0n) is 12.0. The molecule has 1 aliphatic carbocycles. The maximum absolute atomic E-state index is 12.9. The lowest BCUT2D eigenvalue weighted by molar-refractivity contribution is -0.128. The molecule has 3 rings (SSSR count). The van der Waals surface area contributed by atoms with E-state index in [4.69, 9.17) is 0 Å². The molecule has 2 aliphatic rings. The van der Waals surface area contributed by atoms with E-state index < -0.39 is 0 Å². The molecule has 6 nitrogen and oxygen atoms in total. The Hall–Kier alpha value is -1.89. The van der Waals surface area contributed by atoms with Crippen LogP contribution in [0.25, 0.3) is 0 Å². The van der Waals surface area contributed by atoms with E-state index in [9.17, 15) is 9.59 Å². The van der Waals surface area contributed by atoms with Crippen molar-refractivity contribution in [2.24, 2.45) is 0 Å². The van der Waals surface area contributed by atoms with Gasteiger partial charge in [0, 0.05) is 22.8 Å². The standard InChI is InChI=1S/C14H18N4O2S/c1-8-12(9(2)17-14(20)16-8)13(19)18(10-3-4-10)6-11-5-15-7-21-11/h5,7-8,10H,3-4,6H2,1-2H3,(H2,16,17,20). The summed E-state index contributed by atoms with van der Waals surface area (Å²) < 4.78 is 0. The van der Waals surface area contributed by atoms with Crippen LogP contribution in [0, 0.1) is 0 Å². The lowest BCUT2D eigenvalue weighted by Gasteiger charge is -2.30. The summed E-state index contributed by atoms with van der Waals surface area (Å²) in [5.41, 5.74) is 3.07. The zero-order valence-corrected chi connectivity index (χ0v) is 12.9. The number of thiazole rings is 1. The molecule has 1 atom stereocenters. The summed E-state index contributed by atoms with van der Waals surface area (Å²) >= 11 is 1.56. The second-order valence-corrected chi connectivity index (χ2v) is 6.46. The van der Waals surface area contributed by atoms with E-state index in [0.29, 0.717) is 23.9 Å². The van der Waals surface area contributed by atoms with Gasteiger partial charge in [-0.25, -0.2) is 4.79 Å². The van der Waals surface area contributed by atoms with Gasteiger partial charge >= 0.3 is 6.03 Å². The van der Waals surface area contributed by atoms with Crippen LogP contribution in [0.1, 0.15) is 31.6 Å². The molecule has 0 saturated heterocycles. The number of urea groups is 1. The average Bonchev–Trinajstić information content (AvgIpc) is 3.11. The Morgan fingerprint density at radius 3 is 2.86 bits per heavy atom. The van der Waals surface area contributed by atoms with Crippen molar-refractivity contribution in [1.29, 1.82) is 0 Å². The Morgan fingerprint density at radius 1 is 1.52 bits per heavy atom. The number of nitrogens with zero attached hydrogens (tertiary/aromatic N) is 2. The topological polar surface area (TPSA) is 74.3 Å². The van der Waals surface area contributed by atoms with Crippen LogP contribution in [0.2, 0.25) is 0 Å². The fraction of sp³-hybridized carbons (Fsp3) is 0.500. The molecular formula is C14H18N4O2S. The van der Waals surface area contributed by atoms with Crippen molar-refractivity contribution in [3.63, 3.8) is 0 Å². The van der Waals surface area contributed by atoms with Crippen LogP contribution in [-0.4, -0.2) is 33.9 Å². The molecule has 21 heavy (non-hydrogen) atoms. The lowest BCUT2D eigenvalue weighted by Crippen LogP contribution is -2.50. The molecule has 7 heteroatoms. The first-order chi connectivity index (χ1) is 10.1. The molecule has 0 bridgehead atoms. The molecule has 1 unspecified atom stereocenters. The average molecular weight is 306 g/mol. The SMILES string of the molecule is CC1=C(C(=O)N(Cc2cncs2)C2CC2)C(C)NC(=O)N1. The maximum atomic E-state index is 12.9. The van der Waals surface area contributed by atoms with E-state index in [1.807, 2.05) is 11.8 Å². The Kier molecular flexibility index (Phi) is 3.67. The molecule has 2 N–H and O–H groups in total. The van der Waals surface area contributed by atoms with Crippen molar-refractivity contribution in [3.8, 4) is 0 Å². The van der Waals surface area contributed by atoms with Gasteiger partial charge in [0.25, 0.3) is 5.91 Å². The number of nitrogens with one attached hydrogen (secondary N) is 2. The van der Waals surface area contributed by atoms with Crippen LogP contribution < -0.4 is 10.6 Å². The molecule has 1 aromatic rings. The second-order valence-electron chi connectivity index (χ2n) is 5.49. The Morgan fingerprint density at radius 2 is 2.29 bits per heavy atom. The third-order valence-electron chi connectivity index (χ3n) is 3.77. The van der Waals surface area contributed by atoms with E-state index in [1.54, 1.807) is 30.0 Å². The predicted octanol–water partition coefficient (Wildman–Crippen LogP) is 1.61. The van der Waals surface area contributed by atoms with Crippen LogP contribution >= 0.6 is 11.3 Å². The molecule has 1 fully saturated rings. The number of aromatic nitrogens is 1. The monoisotopic (exact) mass is 306 g/mol. The Bertz CT molecular complexity index is 592. The number of carbonyl (C=O) groups is 2. The Balaban J connectivity index is 1.84. The van der Waals surface area contributed by atoms with Crippen molar-refractivity contribution >= 4 is 23.3 Å². The molecule has 2 heterocycles. The van der Waals surface area contributed by atoms with Gasteiger partial charge in [-0.05, 0) is 26.7 Å². The number of amides is 3. The smallest absolute Gasteiger partial charge is 0.319 e. The number of hydrogen-bond acceptors (Lipinski definition) is 4. The number of allylic oxidation sites excluding steroid dienone is 1. The molecule has 1 saturated carbocycles.